The van der Waals surface area contributed by atoms with Gasteiger partial charge in [-0.15, -0.1) is 0 Å². The fourth-order valence-corrected chi connectivity index (χ4v) is 1.58. The zero-order chi connectivity index (χ0) is 15.0. The second kappa shape index (κ2) is 8.40. The van der Waals surface area contributed by atoms with E-state index >= 15 is 0 Å². The van der Waals surface area contributed by atoms with E-state index in [4.69, 9.17) is 15.3 Å². The molecule has 19 heavy (non-hydrogen) atoms. The van der Waals surface area contributed by atoms with E-state index in [1.165, 1.54) is 11.9 Å². The minimum absolute atomic E-state index is 0.00202. The number of carboxylic acids is 3. The Hall–Kier alpha value is -1.71. The summed E-state index contributed by atoms with van der Waals surface area (Å²) in [7, 11) is 1.48. The molecule has 9 nitrogen and oxygen atoms in total. The SMILES string of the molecule is CN(CC(=O)O)CC(O)CN(CC(=O)O)CC(=O)O. The van der Waals surface area contributed by atoms with Gasteiger partial charge in [0.05, 0.1) is 25.7 Å². The van der Waals surface area contributed by atoms with Crippen molar-refractivity contribution in [2.75, 3.05) is 39.8 Å². The summed E-state index contributed by atoms with van der Waals surface area (Å²) in [6.07, 6.45) is -1.04. The molecule has 0 radical (unpaired) electrons. The molecule has 0 aliphatic carbocycles. The van der Waals surface area contributed by atoms with Gasteiger partial charge >= 0.3 is 17.9 Å². The van der Waals surface area contributed by atoms with Crippen LogP contribution in [0.3, 0.4) is 0 Å². The van der Waals surface area contributed by atoms with Crippen LogP contribution in [0, 0.1) is 0 Å². The number of hydrogen-bond donors (Lipinski definition) is 4. The van der Waals surface area contributed by atoms with Crippen molar-refractivity contribution in [1.29, 1.82) is 0 Å². The molecule has 0 aromatic rings. The van der Waals surface area contributed by atoms with E-state index in [1.54, 1.807) is 0 Å². The largest absolute Gasteiger partial charge is 0.480 e. The third-order valence-corrected chi connectivity index (χ3v) is 2.11. The monoisotopic (exact) mass is 278 g/mol. The van der Waals surface area contributed by atoms with Crippen molar-refractivity contribution in [3.8, 4) is 0 Å². The predicted molar refractivity (Wildman–Crippen MR) is 62.9 cm³/mol. The summed E-state index contributed by atoms with van der Waals surface area (Å²) in [5.74, 6) is -3.46. The molecule has 0 saturated heterocycles. The molecular weight excluding hydrogens is 260 g/mol. The van der Waals surface area contributed by atoms with Gasteiger partial charge in [-0.05, 0) is 7.05 Å². The van der Waals surface area contributed by atoms with Crippen molar-refractivity contribution in [3.05, 3.63) is 0 Å². The lowest BCUT2D eigenvalue weighted by atomic mass is 10.3. The van der Waals surface area contributed by atoms with Gasteiger partial charge < -0.3 is 20.4 Å². The molecule has 0 heterocycles. The number of aliphatic carboxylic acids is 3. The lowest BCUT2D eigenvalue weighted by molar-refractivity contribution is -0.142. The van der Waals surface area contributed by atoms with Crippen molar-refractivity contribution in [1.82, 2.24) is 9.80 Å². The third-order valence-electron chi connectivity index (χ3n) is 2.11. The first kappa shape index (κ1) is 17.3. The van der Waals surface area contributed by atoms with Crippen LogP contribution in [0.4, 0.5) is 0 Å². The molecular formula is C10H18N2O7. The second-order valence-corrected chi connectivity index (χ2v) is 4.20. The molecule has 0 rings (SSSR count). The normalized spacial score (nSPS) is 12.6. The fraction of sp³-hybridized carbons (Fsp3) is 0.700. The Kier molecular flexibility index (Phi) is 7.65. The van der Waals surface area contributed by atoms with Crippen LogP contribution in [0.1, 0.15) is 0 Å². The van der Waals surface area contributed by atoms with E-state index in [2.05, 4.69) is 0 Å². The Bertz CT molecular complexity index is 318. The maximum Gasteiger partial charge on any atom is 0.317 e. The Morgan fingerprint density at radius 2 is 1.32 bits per heavy atom. The van der Waals surface area contributed by atoms with E-state index < -0.39 is 37.1 Å². The molecule has 1 atom stereocenters. The van der Waals surface area contributed by atoms with E-state index in [1.807, 2.05) is 0 Å². The Balaban J connectivity index is 4.28. The van der Waals surface area contributed by atoms with E-state index in [-0.39, 0.29) is 19.6 Å². The van der Waals surface area contributed by atoms with Crippen LogP contribution in [0.2, 0.25) is 0 Å². The van der Waals surface area contributed by atoms with Gasteiger partial charge in [0.1, 0.15) is 0 Å². The number of carboxylic acid groups (broad SMARTS) is 3. The molecule has 1 unspecified atom stereocenters. The summed E-state index contributed by atoms with van der Waals surface area (Å²) in [6, 6.07) is 0. The zero-order valence-corrected chi connectivity index (χ0v) is 10.5. The van der Waals surface area contributed by atoms with E-state index in [0.717, 1.165) is 4.90 Å². The topological polar surface area (TPSA) is 139 Å². The summed E-state index contributed by atoms with van der Waals surface area (Å²) in [4.78, 5) is 33.9. The minimum atomic E-state index is -1.20. The highest BCUT2D eigenvalue weighted by atomic mass is 16.4. The quantitative estimate of drug-likeness (QED) is 0.351. The number of carbonyl (C=O) groups is 3. The molecule has 0 amide bonds. The van der Waals surface area contributed by atoms with Crippen molar-refractivity contribution < 1.29 is 34.8 Å². The van der Waals surface area contributed by atoms with Gasteiger partial charge in [-0.3, -0.25) is 24.2 Å². The minimum Gasteiger partial charge on any atom is -0.480 e. The van der Waals surface area contributed by atoms with Crippen LogP contribution in [0.5, 0.6) is 0 Å². The van der Waals surface area contributed by atoms with Crippen molar-refractivity contribution >= 4 is 17.9 Å². The zero-order valence-electron chi connectivity index (χ0n) is 10.5. The molecule has 0 aromatic carbocycles. The standard InChI is InChI=1S/C10H18N2O7/c1-11(4-8(14)15)2-7(13)3-12(5-9(16)17)6-10(18)19/h7,13H,2-6H2,1H3,(H,14,15)(H,16,17)(H,18,19). The maximum atomic E-state index is 10.5. The molecule has 0 spiro atoms. The number of rotatable bonds is 10. The smallest absolute Gasteiger partial charge is 0.317 e. The number of likely N-dealkylation sites (N-methyl/N-ethyl adjacent to an activating group) is 1. The summed E-state index contributed by atoms with van der Waals surface area (Å²) in [6.45, 7) is -1.45. The maximum absolute atomic E-state index is 10.5. The number of aliphatic hydroxyl groups excluding tert-OH is 1. The van der Waals surface area contributed by atoms with E-state index in [0.29, 0.717) is 0 Å². The summed E-state index contributed by atoms with van der Waals surface area (Å²) in [5, 5.41) is 35.4. The van der Waals surface area contributed by atoms with Gasteiger partial charge in [-0.2, -0.15) is 0 Å². The van der Waals surface area contributed by atoms with Crippen molar-refractivity contribution in [3.63, 3.8) is 0 Å². The van der Waals surface area contributed by atoms with Gasteiger partial charge in [-0.25, -0.2) is 0 Å². The van der Waals surface area contributed by atoms with Gasteiger partial charge in [-0.1, -0.05) is 0 Å². The van der Waals surface area contributed by atoms with Crippen LogP contribution in [0.15, 0.2) is 0 Å². The first-order chi connectivity index (χ1) is 8.70. The van der Waals surface area contributed by atoms with Gasteiger partial charge in [0, 0.05) is 13.1 Å². The summed E-state index contributed by atoms with van der Waals surface area (Å²) < 4.78 is 0. The van der Waals surface area contributed by atoms with Gasteiger partial charge in [0.15, 0.2) is 0 Å². The van der Waals surface area contributed by atoms with Crippen LogP contribution in [0.25, 0.3) is 0 Å². The van der Waals surface area contributed by atoms with Crippen molar-refractivity contribution in [2.45, 2.75) is 6.10 Å². The lowest BCUT2D eigenvalue weighted by Crippen LogP contribution is -2.44. The summed E-state index contributed by atoms with van der Waals surface area (Å²) in [5.41, 5.74) is 0. The first-order valence-electron chi connectivity index (χ1n) is 5.45. The molecule has 0 fully saturated rings. The van der Waals surface area contributed by atoms with Gasteiger partial charge in [0.25, 0.3) is 0 Å². The first-order valence-corrected chi connectivity index (χ1v) is 5.45. The summed E-state index contributed by atoms with van der Waals surface area (Å²) >= 11 is 0. The lowest BCUT2D eigenvalue weighted by Gasteiger charge is -2.24. The third kappa shape index (κ3) is 9.94. The highest BCUT2D eigenvalue weighted by molar-refractivity contribution is 5.72. The average molecular weight is 278 g/mol. The highest BCUT2D eigenvalue weighted by Crippen LogP contribution is 1.96. The Morgan fingerprint density at radius 3 is 1.68 bits per heavy atom. The van der Waals surface area contributed by atoms with Crippen LogP contribution in [-0.2, 0) is 14.4 Å². The van der Waals surface area contributed by atoms with Gasteiger partial charge in [0.2, 0.25) is 0 Å². The molecule has 4 N–H and O–H groups in total. The average Bonchev–Trinajstić information content (AvgIpc) is 2.11. The molecule has 110 valence electrons. The van der Waals surface area contributed by atoms with Crippen LogP contribution in [-0.4, -0.2) is 94.0 Å². The number of nitrogens with zero attached hydrogens (tertiary/aromatic N) is 2. The second-order valence-electron chi connectivity index (χ2n) is 4.20. The number of aliphatic hydroxyl groups is 1. The fourth-order valence-electron chi connectivity index (χ4n) is 1.58. The molecule has 9 heteroatoms. The Morgan fingerprint density at radius 1 is 0.895 bits per heavy atom. The van der Waals surface area contributed by atoms with E-state index in [9.17, 15) is 19.5 Å². The molecule has 0 saturated carbocycles. The molecule has 0 aromatic heterocycles. The molecule has 0 bridgehead atoms. The predicted octanol–water partition coefficient (Wildman–Crippen LogP) is -2.17. The molecule has 0 aliphatic rings. The Labute approximate surface area is 109 Å². The van der Waals surface area contributed by atoms with Crippen molar-refractivity contribution in [2.24, 2.45) is 0 Å². The molecule has 0 aliphatic heterocycles. The van der Waals surface area contributed by atoms with Crippen LogP contribution >= 0.6 is 0 Å². The number of hydrogen-bond acceptors (Lipinski definition) is 6. The highest BCUT2D eigenvalue weighted by Gasteiger charge is 2.19. The van der Waals surface area contributed by atoms with Crippen LogP contribution < -0.4 is 0 Å².